The summed E-state index contributed by atoms with van der Waals surface area (Å²) in [6.45, 7) is 1.90. The molecule has 2 aromatic rings. The summed E-state index contributed by atoms with van der Waals surface area (Å²) < 4.78 is 15.7. The topological polar surface area (TPSA) is 57.7 Å². The highest BCUT2D eigenvalue weighted by molar-refractivity contribution is 7.11. The van der Waals surface area contributed by atoms with Crippen LogP contribution in [0.2, 0.25) is 0 Å². The zero-order chi connectivity index (χ0) is 14.5. The SMILES string of the molecule is COc1ccc(OC)c(COC(=O)c2scnc2C)c1. The molecule has 1 heterocycles. The monoisotopic (exact) mass is 293 g/mol. The molecule has 0 radical (unpaired) electrons. The van der Waals surface area contributed by atoms with Gasteiger partial charge in [-0.25, -0.2) is 9.78 Å². The Hall–Kier alpha value is -2.08. The molecule has 2 rings (SSSR count). The van der Waals surface area contributed by atoms with Crippen molar-refractivity contribution in [1.29, 1.82) is 0 Å². The van der Waals surface area contributed by atoms with Crippen LogP contribution in [0.1, 0.15) is 20.9 Å². The molecule has 0 aliphatic rings. The van der Waals surface area contributed by atoms with Crippen LogP contribution in [0.15, 0.2) is 23.7 Å². The number of hydrogen-bond donors (Lipinski definition) is 0. The highest BCUT2D eigenvalue weighted by Crippen LogP contribution is 2.25. The van der Waals surface area contributed by atoms with Gasteiger partial charge in [-0.05, 0) is 25.1 Å². The molecule has 0 spiro atoms. The lowest BCUT2D eigenvalue weighted by Crippen LogP contribution is -2.06. The number of methoxy groups -OCH3 is 2. The average Bonchev–Trinajstić information content (AvgIpc) is 2.90. The lowest BCUT2D eigenvalue weighted by Gasteiger charge is -2.10. The quantitative estimate of drug-likeness (QED) is 0.793. The van der Waals surface area contributed by atoms with Crippen LogP contribution in [0.25, 0.3) is 0 Å². The van der Waals surface area contributed by atoms with E-state index in [2.05, 4.69) is 4.98 Å². The van der Waals surface area contributed by atoms with Gasteiger partial charge in [0.25, 0.3) is 0 Å². The molecule has 0 fully saturated rings. The Kier molecular flexibility index (Phi) is 4.57. The number of carbonyl (C=O) groups excluding carboxylic acids is 1. The number of nitrogens with zero attached hydrogens (tertiary/aromatic N) is 1. The van der Waals surface area contributed by atoms with Crippen molar-refractivity contribution >= 4 is 17.3 Å². The first-order valence-corrected chi connectivity index (χ1v) is 6.81. The Labute approximate surface area is 121 Å². The van der Waals surface area contributed by atoms with Crippen molar-refractivity contribution in [3.8, 4) is 11.5 Å². The molecule has 0 saturated heterocycles. The molecule has 1 aromatic heterocycles. The second-order valence-corrected chi connectivity index (χ2v) is 4.88. The highest BCUT2D eigenvalue weighted by Gasteiger charge is 2.14. The Morgan fingerprint density at radius 1 is 1.30 bits per heavy atom. The van der Waals surface area contributed by atoms with Crippen LogP contribution in [0, 0.1) is 6.92 Å². The number of aromatic nitrogens is 1. The summed E-state index contributed by atoms with van der Waals surface area (Å²) in [7, 11) is 3.15. The van der Waals surface area contributed by atoms with Crippen molar-refractivity contribution in [1.82, 2.24) is 4.98 Å². The van der Waals surface area contributed by atoms with Gasteiger partial charge in [-0.2, -0.15) is 0 Å². The third kappa shape index (κ3) is 3.08. The van der Waals surface area contributed by atoms with Crippen LogP contribution >= 0.6 is 11.3 Å². The maximum Gasteiger partial charge on any atom is 0.350 e. The first-order valence-electron chi connectivity index (χ1n) is 5.93. The van der Waals surface area contributed by atoms with Crippen molar-refractivity contribution in [3.05, 3.63) is 39.8 Å². The molecule has 1 aromatic carbocycles. The van der Waals surface area contributed by atoms with E-state index in [1.807, 2.05) is 0 Å². The minimum absolute atomic E-state index is 0.122. The fourth-order valence-corrected chi connectivity index (χ4v) is 2.40. The maximum atomic E-state index is 11.9. The fraction of sp³-hybridized carbons (Fsp3) is 0.286. The van der Waals surface area contributed by atoms with Gasteiger partial charge in [-0.3, -0.25) is 0 Å². The summed E-state index contributed by atoms with van der Waals surface area (Å²) in [5.41, 5.74) is 3.05. The minimum Gasteiger partial charge on any atom is -0.497 e. The molecular formula is C14H15NO4S. The van der Waals surface area contributed by atoms with E-state index >= 15 is 0 Å². The largest absolute Gasteiger partial charge is 0.497 e. The zero-order valence-corrected chi connectivity index (χ0v) is 12.3. The minimum atomic E-state index is -0.380. The normalized spacial score (nSPS) is 10.2. The molecule has 0 unspecified atom stereocenters. The van der Waals surface area contributed by atoms with Crippen molar-refractivity contribution < 1.29 is 19.0 Å². The third-order valence-corrected chi connectivity index (χ3v) is 3.69. The van der Waals surface area contributed by atoms with E-state index in [-0.39, 0.29) is 12.6 Å². The Balaban J connectivity index is 2.10. The molecule has 20 heavy (non-hydrogen) atoms. The van der Waals surface area contributed by atoms with E-state index in [1.165, 1.54) is 11.3 Å². The molecule has 106 valence electrons. The number of carbonyl (C=O) groups is 1. The fourth-order valence-electron chi connectivity index (χ4n) is 1.70. The molecule has 0 atom stereocenters. The van der Waals surface area contributed by atoms with Crippen LogP contribution in [-0.2, 0) is 11.3 Å². The van der Waals surface area contributed by atoms with Gasteiger partial charge in [0.05, 0.1) is 25.4 Å². The molecule has 0 amide bonds. The Morgan fingerprint density at radius 3 is 2.70 bits per heavy atom. The molecule has 0 saturated carbocycles. The molecule has 0 bridgehead atoms. The predicted molar refractivity (Wildman–Crippen MR) is 75.5 cm³/mol. The molecule has 0 aliphatic heterocycles. The number of esters is 1. The summed E-state index contributed by atoms with van der Waals surface area (Å²) in [4.78, 5) is 16.5. The maximum absolute atomic E-state index is 11.9. The van der Waals surface area contributed by atoms with Gasteiger partial charge in [0.1, 0.15) is 23.0 Å². The van der Waals surface area contributed by atoms with E-state index in [1.54, 1.807) is 44.9 Å². The number of rotatable bonds is 5. The summed E-state index contributed by atoms with van der Waals surface area (Å²) in [5, 5.41) is 0. The molecule has 5 nitrogen and oxygen atoms in total. The summed E-state index contributed by atoms with van der Waals surface area (Å²) in [5.74, 6) is 0.959. The number of ether oxygens (including phenoxy) is 3. The van der Waals surface area contributed by atoms with E-state index < -0.39 is 0 Å². The highest BCUT2D eigenvalue weighted by atomic mass is 32.1. The summed E-state index contributed by atoms with van der Waals surface area (Å²) >= 11 is 1.27. The van der Waals surface area contributed by atoms with Crippen molar-refractivity contribution in [2.75, 3.05) is 14.2 Å². The molecule has 0 aliphatic carbocycles. The van der Waals surface area contributed by atoms with Crippen molar-refractivity contribution in [2.24, 2.45) is 0 Å². The standard InChI is InChI=1S/C14H15NO4S/c1-9-13(20-8-15-9)14(16)19-7-10-6-11(17-2)4-5-12(10)18-3/h4-6,8H,7H2,1-3H3. The van der Waals surface area contributed by atoms with Crippen molar-refractivity contribution in [2.45, 2.75) is 13.5 Å². The third-order valence-electron chi connectivity index (χ3n) is 2.78. The Morgan fingerprint density at radius 2 is 2.10 bits per heavy atom. The average molecular weight is 293 g/mol. The number of hydrogen-bond acceptors (Lipinski definition) is 6. The number of thiazole rings is 1. The van der Waals surface area contributed by atoms with Crippen LogP contribution in [-0.4, -0.2) is 25.2 Å². The van der Waals surface area contributed by atoms with Gasteiger partial charge in [0.15, 0.2) is 0 Å². The van der Waals surface area contributed by atoms with Crippen LogP contribution in [0.3, 0.4) is 0 Å². The van der Waals surface area contributed by atoms with E-state index in [4.69, 9.17) is 14.2 Å². The van der Waals surface area contributed by atoms with Gasteiger partial charge in [-0.1, -0.05) is 0 Å². The van der Waals surface area contributed by atoms with E-state index in [0.29, 0.717) is 22.1 Å². The van der Waals surface area contributed by atoms with Crippen molar-refractivity contribution in [3.63, 3.8) is 0 Å². The number of aryl methyl sites for hydroxylation is 1. The van der Waals surface area contributed by atoms with Crippen LogP contribution in [0.4, 0.5) is 0 Å². The van der Waals surface area contributed by atoms with Gasteiger partial charge in [0, 0.05) is 5.56 Å². The first-order chi connectivity index (χ1) is 9.65. The lowest BCUT2D eigenvalue weighted by molar-refractivity contribution is 0.0474. The van der Waals surface area contributed by atoms with Crippen LogP contribution in [0.5, 0.6) is 11.5 Å². The van der Waals surface area contributed by atoms with Gasteiger partial charge in [-0.15, -0.1) is 11.3 Å². The van der Waals surface area contributed by atoms with Gasteiger partial charge >= 0.3 is 5.97 Å². The van der Waals surface area contributed by atoms with E-state index in [9.17, 15) is 4.79 Å². The zero-order valence-electron chi connectivity index (χ0n) is 11.5. The summed E-state index contributed by atoms with van der Waals surface area (Å²) in [6, 6.07) is 5.35. The van der Waals surface area contributed by atoms with Gasteiger partial charge in [0.2, 0.25) is 0 Å². The smallest absolute Gasteiger partial charge is 0.350 e. The molecular weight excluding hydrogens is 278 g/mol. The Bertz CT molecular complexity index is 609. The number of benzene rings is 1. The first kappa shape index (κ1) is 14.3. The molecule has 6 heteroatoms. The van der Waals surface area contributed by atoms with E-state index in [0.717, 1.165) is 5.56 Å². The predicted octanol–water partition coefficient (Wildman–Crippen LogP) is 2.83. The second kappa shape index (κ2) is 6.38. The van der Waals surface area contributed by atoms with Gasteiger partial charge < -0.3 is 14.2 Å². The molecule has 0 N–H and O–H groups in total. The lowest BCUT2D eigenvalue weighted by atomic mass is 10.2. The van der Waals surface area contributed by atoms with Crippen LogP contribution < -0.4 is 9.47 Å². The second-order valence-electron chi connectivity index (χ2n) is 4.02. The summed E-state index contributed by atoms with van der Waals surface area (Å²) in [6.07, 6.45) is 0.